The molecule has 0 amide bonds. The van der Waals surface area contributed by atoms with Crippen LogP contribution in [0.3, 0.4) is 0 Å². The maximum atomic E-state index is 12.1. The molecule has 1 atom stereocenters. The van der Waals surface area contributed by atoms with E-state index in [9.17, 15) is 9.59 Å². The van der Waals surface area contributed by atoms with Gasteiger partial charge in [0.2, 0.25) is 0 Å². The molecule has 0 N–H and O–H groups in total. The predicted molar refractivity (Wildman–Crippen MR) is 65.7 cm³/mol. The molecule has 3 heteroatoms. The average Bonchev–Trinajstić information content (AvgIpc) is 2.36. The first kappa shape index (κ1) is 13.2. The Balaban J connectivity index is 2.87. The summed E-state index contributed by atoms with van der Waals surface area (Å²) < 4.78 is 4.89. The minimum atomic E-state index is -0.783. The fraction of sp³-hybridized carbons (Fsp3) is 0.286. The topological polar surface area (TPSA) is 43.4 Å². The normalized spacial score (nSPS) is 11.6. The number of ether oxygens (including phenoxy) is 1. The molecule has 0 aliphatic rings. The van der Waals surface area contributed by atoms with Gasteiger partial charge in [-0.1, -0.05) is 36.4 Å². The Kier molecular flexibility index (Phi) is 5.14. The second-order valence-electron chi connectivity index (χ2n) is 3.56. The van der Waals surface area contributed by atoms with Crippen molar-refractivity contribution in [3.63, 3.8) is 0 Å². The fourth-order valence-electron chi connectivity index (χ4n) is 1.52. The Morgan fingerprint density at radius 2 is 2.00 bits per heavy atom. The zero-order chi connectivity index (χ0) is 12.7. The number of esters is 1. The summed E-state index contributed by atoms with van der Waals surface area (Å²) in [6.45, 7) is 5.55. The lowest BCUT2D eigenvalue weighted by atomic mass is 9.95. The molecule has 90 valence electrons. The SMILES string of the molecule is C=CC[C@H](C(=O)OCC)C(=O)c1ccccc1. The zero-order valence-corrected chi connectivity index (χ0v) is 9.89. The maximum Gasteiger partial charge on any atom is 0.317 e. The van der Waals surface area contributed by atoms with Crippen LogP contribution in [0.4, 0.5) is 0 Å². The summed E-state index contributed by atoms with van der Waals surface area (Å²) in [7, 11) is 0. The standard InChI is InChI=1S/C14H16O3/c1-3-8-12(14(16)17-4-2)13(15)11-9-6-5-7-10-11/h3,5-7,9-10,12H,1,4,8H2,2H3/t12-/m0/s1. The van der Waals surface area contributed by atoms with Crippen molar-refractivity contribution in [1.82, 2.24) is 0 Å². The Hall–Kier alpha value is -1.90. The lowest BCUT2D eigenvalue weighted by Gasteiger charge is -2.12. The molecule has 0 fully saturated rings. The minimum Gasteiger partial charge on any atom is -0.465 e. The number of carbonyl (C=O) groups is 2. The third kappa shape index (κ3) is 3.55. The van der Waals surface area contributed by atoms with Gasteiger partial charge < -0.3 is 4.74 Å². The molecule has 1 rings (SSSR count). The van der Waals surface area contributed by atoms with E-state index in [4.69, 9.17) is 4.74 Å². The monoisotopic (exact) mass is 232 g/mol. The molecule has 0 radical (unpaired) electrons. The molecule has 0 aromatic heterocycles. The lowest BCUT2D eigenvalue weighted by Crippen LogP contribution is -2.25. The van der Waals surface area contributed by atoms with Crippen LogP contribution in [0.1, 0.15) is 23.7 Å². The van der Waals surface area contributed by atoms with Gasteiger partial charge in [-0.25, -0.2) is 0 Å². The van der Waals surface area contributed by atoms with E-state index in [2.05, 4.69) is 6.58 Å². The van der Waals surface area contributed by atoms with E-state index < -0.39 is 11.9 Å². The predicted octanol–water partition coefficient (Wildman–Crippen LogP) is 2.62. The van der Waals surface area contributed by atoms with Gasteiger partial charge in [0.15, 0.2) is 5.78 Å². The molecule has 17 heavy (non-hydrogen) atoms. The van der Waals surface area contributed by atoms with Gasteiger partial charge in [-0.2, -0.15) is 0 Å². The third-order valence-electron chi connectivity index (χ3n) is 2.35. The van der Waals surface area contributed by atoms with Gasteiger partial charge in [-0.05, 0) is 13.3 Å². The van der Waals surface area contributed by atoms with Crippen molar-refractivity contribution in [2.75, 3.05) is 6.61 Å². The van der Waals surface area contributed by atoms with Gasteiger partial charge in [0.25, 0.3) is 0 Å². The van der Waals surface area contributed by atoms with Crippen LogP contribution in [0.2, 0.25) is 0 Å². The fourth-order valence-corrected chi connectivity index (χ4v) is 1.52. The summed E-state index contributed by atoms with van der Waals surface area (Å²) in [5.41, 5.74) is 0.521. The third-order valence-corrected chi connectivity index (χ3v) is 2.35. The first-order chi connectivity index (χ1) is 8.20. The smallest absolute Gasteiger partial charge is 0.317 e. The number of rotatable bonds is 6. The number of allylic oxidation sites excluding steroid dienone is 1. The van der Waals surface area contributed by atoms with Gasteiger partial charge in [-0.15, -0.1) is 6.58 Å². The van der Waals surface area contributed by atoms with Crippen LogP contribution in [0, 0.1) is 5.92 Å². The number of hydrogen-bond donors (Lipinski definition) is 0. The Morgan fingerprint density at radius 3 is 2.53 bits per heavy atom. The highest BCUT2D eigenvalue weighted by atomic mass is 16.5. The first-order valence-electron chi connectivity index (χ1n) is 5.57. The van der Waals surface area contributed by atoms with E-state index in [1.54, 1.807) is 37.3 Å². The van der Waals surface area contributed by atoms with Crippen LogP contribution in [-0.2, 0) is 9.53 Å². The molecule has 0 saturated carbocycles. The number of carbonyl (C=O) groups excluding carboxylic acids is 2. The van der Waals surface area contributed by atoms with Crippen LogP contribution in [-0.4, -0.2) is 18.4 Å². The highest BCUT2D eigenvalue weighted by molar-refractivity contribution is 6.08. The van der Waals surface area contributed by atoms with Gasteiger partial charge in [0.05, 0.1) is 6.61 Å². The quantitative estimate of drug-likeness (QED) is 0.328. The zero-order valence-electron chi connectivity index (χ0n) is 9.89. The van der Waals surface area contributed by atoms with Crippen molar-refractivity contribution >= 4 is 11.8 Å². The summed E-state index contributed by atoms with van der Waals surface area (Å²) in [4.78, 5) is 23.8. The van der Waals surface area contributed by atoms with Crippen LogP contribution in [0.25, 0.3) is 0 Å². The second-order valence-corrected chi connectivity index (χ2v) is 3.56. The van der Waals surface area contributed by atoms with Crippen LogP contribution in [0.15, 0.2) is 43.0 Å². The van der Waals surface area contributed by atoms with Gasteiger partial charge in [0, 0.05) is 5.56 Å². The van der Waals surface area contributed by atoms with Gasteiger partial charge in [-0.3, -0.25) is 9.59 Å². The molecule has 1 aromatic rings. The highest BCUT2D eigenvalue weighted by Gasteiger charge is 2.27. The lowest BCUT2D eigenvalue weighted by molar-refractivity contribution is -0.146. The second kappa shape index (κ2) is 6.63. The number of hydrogen-bond acceptors (Lipinski definition) is 3. The Bertz CT molecular complexity index is 395. The Labute approximate surface area is 101 Å². The average molecular weight is 232 g/mol. The summed E-state index contributed by atoms with van der Waals surface area (Å²) in [5, 5.41) is 0. The molecular weight excluding hydrogens is 216 g/mol. The molecule has 0 aliphatic heterocycles. The number of ketones is 1. The molecule has 0 unspecified atom stereocenters. The highest BCUT2D eigenvalue weighted by Crippen LogP contribution is 2.14. The largest absolute Gasteiger partial charge is 0.465 e. The van der Waals surface area contributed by atoms with Gasteiger partial charge in [0.1, 0.15) is 5.92 Å². The van der Waals surface area contributed by atoms with Crippen molar-refractivity contribution < 1.29 is 14.3 Å². The molecule has 0 saturated heterocycles. The molecule has 0 heterocycles. The molecule has 0 bridgehead atoms. The summed E-state index contributed by atoms with van der Waals surface area (Å²) in [6, 6.07) is 8.74. The summed E-state index contributed by atoms with van der Waals surface area (Å²) >= 11 is 0. The van der Waals surface area contributed by atoms with E-state index in [0.717, 1.165) is 0 Å². The van der Waals surface area contributed by atoms with E-state index in [0.29, 0.717) is 12.0 Å². The van der Waals surface area contributed by atoms with E-state index >= 15 is 0 Å². The van der Waals surface area contributed by atoms with Crippen LogP contribution >= 0.6 is 0 Å². The van der Waals surface area contributed by atoms with Gasteiger partial charge >= 0.3 is 5.97 Å². The van der Waals surface area contributed by atoms with Crippen molar-refractivity contribution in [3.8, 4) is 0 Å². The van der Waals surface area contributed by atoms with Crippen molar-refractivity contribution in [1.29, 1.82) is 0 Å². The molecule has 0 spiro atoms. The van der Waals surface area contributed by atoms with Crippen molar-refractivity contribution in [3.05, 3.63) is 48.6 Å². The maximum absolute atomic E-state index is 12.1. The number of Topliss-reactive ketones (excluding diaryl/α,β-unsaturated/α-hetero) is 1. The summed E-state index contributed by atoms with van der Waals surface area (Å²) in [6.07, 6.45) is 1.86. The Morgan fingerprint density at radius 1 is 1.35 bits per heavy atom. The molecular formula is C14H16O3. The molecule has 1 aromatic carbocycles. The minimum absolute atomic E-state index is 0.219. The van der Waals surface area contributed by atoms with Crippen molar-refractivity contribution in [2.24, 2.45) is 5.92 Å². The first-order valence-corrected chi connectivity index (χ1v) is 5.57. The summed E-state index contributed by atoms with van der Waals surface area (Å²) in [5.74, 6) is -1.49. The van der Waals surface area contributed by atoms with Crippen LogP contribution in [0.5, 0.6) is 0 Å². The molecule has 0 aliphatic carbocycles. The van der Waals surface area contributed by atoms with Crippen molar-refractivity contribution in [2.45, 2.75) is 13.3 Å². The van der Waals surface area contributed by atoms with E-state index in [1.165, 1.54) is 0 Å². The number of benzene rings is 1. The van der Waals surface area contributed by atoms with E-state index in [-0.39, 0.29) is 12.4 Å². The molecule has 3 nitrogen and oxygen atoms in total. The van der Waals surface area contributed by atoms with Crippen LogP contribution < -0.4 is 0 Å². The van der Waals surface area contributed by atoms with E-state index in [1.807, 2.05) is 6.07 Å².